The molecule has 19 heavy (non-hydrogen) atoms. The molecule has 104 valence electrons. The smallest absolute Gasteiger partial charge is 0.137 e. The second kappa shape index (κ2) is 5.38. The average molecular weight is 259 g/mol. The molecule has 0 aliphatic rings. The third kappa shape index (κ3) is 2.84. The summed E-state index contributed by atoms with van der Waals surface area (Å²) in [5.74, 6) is 0. The van der Waals surface area contributed by atoms with E-state index in [1.807, 2.05) is 13.3 Å². The summed E-state index contributed by atoms with van der Waals surface area (Å²) in [6, 6.07) is 4.59. The highest BCUT2D eigenvalue weighted by atomic mass is 16.3. The molecule has 0 atom stereocenters. The van der Waals surface area contributed by atoms with Crippen LogP contribution in [-0.2, 0) is 18.3 Å². The molecular formula is C17H25NO. The zero-order valence-electron chi connectivity index (χ0n) is 12.8. The van der Waals surface area contributed by atoms with Gasteiger partial charge in [-0.3, -0.25) is 0 Å². The van der Waals surface area contributed by atoms with Crippen LogP contribution in [-0.4, -0.2) is 13.6 Å². The second-order valence-electron chi connectivity index (χ2n) is 6.24. The van der Waals surface area contributed by atoms with Crippen molar-refractivity contribution in [3.8, 4) is 0 Å². The van der Waals surface area contributed by atoms with Gasteiger partial charge in [0.25, 0.3) is 0 Å². The molecule has 0 aliphatic heterocycles. The van der Waals surface area contributed by atoms with Crippen LogP contribution in [0.5, 0.6) is 0 Å². The van der Waals surface area contributed by atoms with Gasteiger partial charge in [0, 0.05) is 10.9 Å². The Balaban J connectivity index is 2.60. The largest absolute Gasteiger partial charge is 0.464 e. The van der Waals surface area contributed by atoms with Crippen molar-refractivity contribution in [3.05, 3.63) is 35.1 Å². The van der Waals surface area contributed by atoms with Crippen molar-refractivity contribution in [2.75, 3.05) is 13.6 Å². The van der Waals surface area contributed by atoms with Gasteiger partial charge in [-0.15, -0.1) is 0 Å². The van der Waals surface area contributed by atoms with E-state index in [-0.39, 0.29) is 5.41 Å². The molecule has 0 unspecified atom stereocenters. The number of nitrogens with one attached hydrogen (secondary N) is 1. The van der Waals surface area contributed by atoms with E-state index >= 15 is 0 Å². The fourth-order valence-electron chi connectivity index (χ4n) is 2.46. The fourth-order valence-corrected chi connectivity index (χ4v) is 2.46. The number of likely N-dealkylation sites (N-methyl/N-ethyl adjacent to an activating group) is 1. The van der Waals surface area contributed by atoms with Crippen LogP contribution in [0.2, 0.25) is 0 Å². The van der Waals surface area contributed by atoms with E-state index < -0.39 is 0 Å². The molecule has 0 spiro atoms. The van der Waals surface area contributed by atoms with Crippen molar-refractivity contribution in [1.82, 2.24) is 5.32 Å². The molecule has 2 aromatic rings. The fraction of sp³-hybridized carbons (Fsp3) is 0.529. The maximum atomic E-state index is 5.88. The number of hydrogen-bond acceptors (Lipinski definition) is 2. The third-order valence-corrected chi connectivity index (χ3v) is 3.67. The SMILES string of the molecule is CCc1cc(C(C)(C)C)c2occ(CCNC)c2c1. The van der Waals surface area contributed by atoms with Crippen LogP contribution in [0.25, 0.3) is 11.0 Å². The summed E-state index contributed by atoms with van der Waals surface area (Å²) in [5, 5.41) is 4.49. The third-order valence-electron chi connectivity index (χ3n) is 3.67. The van der Waals surface area contributed by atoms with Gasteiger partial charge >= 0.3 is 0 Å². The first-order valence-corrected chi connectivity index (χ1v) is 7.15. The minimum atomic E-state index is 0.113. The van der Waals surface area contributed by atoms with E-state index in [1.165, 1.54) is 22.1 Å². The van der Waals surface area contributed by atoms with Gasteiger partial charge in [-0.1, -0.05) is 33.8 Å². The Labute approximate surface area is 116 Å². The van der Waals surface area contributed by atoms with Gasteiger partial charge in [-0.2, -0.15) is 0 Å². The number of fused-ring (bicyclic) bond motifs is 1. The Morgan fingerprint density at radius 1 is 1.21 bits per heavy atom. The van der Waals surface area contributed by atoms with E-state index in [2.05, 4.69) is 45.1 Å². The van der Waals surface area contributed by atoms with Crippen LogP contribution in [0.1, 0.15) is 44.4 Å². The lowest BCUT2D eigenvalue weighted by Gasteiger charge is -2.20. The summed E-state index contributed by atoms with van der Waals surface area (Å²) in [6.07, 6.45) is 4.01. The number of hydrogen-bond donors (Lipinski definition) is 1. The molecule has 0 saturated carbocycles. The van der Waals surface area contributed by atoms with E-state index in [0.717, 1.165) is 25.0 Å². The molecule has 0 bridgehead atoms. The highest BCUT2D eigenvalue weighted by Gasteiger charge is 2.21. The van der Waals surface area contributed by atoms with Gasteiger partial charge in [-0.05, 0) is 49.0 Å². The molecule has 1 N–H and O–H groups in total. The summed E-state index contributed by atoms with van der Waals surface area (Å²) >= 11 is 0. The molecule has 1 heterocycles. The van der Waals surface area contributed by atoms with Crippen molar-refractivity contribution < 1.29 is 4.42 Å². The summed E-state index contributed by atoms with van der Waals surface area (Å²) in [6.45, 7) is 9.93. The number of furan rings is 1. The predicted molar refractivity (Wildman–Crippen MR) is 81.9 cm³/mol. The topological polar surface area (TPSA) is 25.2 Å². The molecule has 1 aromatic carbocycles. The van der Waals surface area contributed by atoms with Crippen molar-refractivity contribution in [1.29, 1.82) is 0 Å². The Morgan fingerprint density at radius 3 is 2.53 bits per heavy atom. The predicted octanol–water partition coefficient (Wildman–Crippen LogP) is 4.05. The summed E-state index contributed by atoms with van der Waals surface area (Å²) in [4.78, 5) is 0. The van der Waals surface area contributed by atoms with E-state index in [0.29, 0.717) is 0 Å². The van der Waals surface area contributed by atoms with E-state index in [4.69, 9.17) is 4.42 Å². The normalized spacial score (nSPS) is 12.3. The first-order valence-electron chi connectivity index (χ1n) is 7.15. The molecule has 0 saturated heterocycles. The van der Waals surface area contributed by atoms with E-state index in [1.54, 1.807) is 0 Å². The number of rotatable bonds is 4. The molecule has 2 nitrogen and oxygen atoms in total. The first kappa shape index (κ1) is 14.1. The molecule has 0 amide bonds. The second-order valence-corrected chi connectivity index (χ2v) is 6.24. The zero-order chi connectivity index (χ0) is 14.0. The Hall–Kier alpha value is -1.28. The van der Waals surface area contributed by atoms with Crippen molar-refractivity contribution in [2.45, 2.75) is 46.0 Å². The zero-order valence-corrected chi connectivity index (χ0v) is 12.8. The van der Waals surface area contributed by atoms with Gasteiger partial charge in [0.15, 0.2) is 0 Å². The molecule has 2 rings (SSSR count). The molecule has 1 aromatic heterocycles. The lowest BCUT2D eigenvalue weighted by atomic mass is 9.84. The van der Waals surface area contributed by atoms with Crippen molar-refractivity contribution >= 4 is 11.0 Å². The lowest BCUT2D eigenvalue weighted by Crippen LogP contribution is -2.12. The molecule has 0 fully saturated rings. The Kier molecular flexibility index (Phi) is 4.00. The van der Waals surface area contributed by atoms with E-state index in [9.17, 15) is 0 Å². The molecule has 2 heteroatoms. The highest BCUT2D eigenvalue weighted by molar-refractivity contribution is 5.85. The summed E-state index contributed by atoms with van der Waals surface area (Å²) in [7, 11) is 1.99. The minimum absolute atomic E-state index is 0.113. The van der Waals surface area contributed by atoms with Crippen LogP contribution in [0.4, 0.5) is 0 Å². The van der Waals surface area contributed by atoms with Crippen LogP contribution >= 0.6 is 0 Å². The van der Waals surface area contributed by atoms with Crippen molar-refractivity contribution in [2.24, 2.45) is 0 Å². The Morgan fingerprint density at radius 2 is 1.95 bits per heavy atom. The Bertz CT molecular complexity index is 560. The number of aryl methyl sites for hydroxylation is 1. The molecule has 0 radical (unpaired) electrons. The quantitative estimate of drug-likeness (QED) is 0.896. The maximum absolute atomic E-state index is 5.88. The maximum Gasteiger partial charge on any atom is 0.137 e. The monoisotopic (exact) mass is 259 g/mol. The van der Waals surface area contributed by atoms with Crippen molar-refractivity contribution in [3.63, 3.8) is 0 Å². The van der Waals surface area contributed by atoms with Gasteiger partial charge in [0.2, 0.25) is 0 Å². The number of benzene rings is 1. The van der Waals surface area contributed by atoms with Gasteiger partial charge in [-0.25, -0.2) is 0 Å². The van der Waals surface area contributed by atoms with Crippen LogP contribution in [0, 0.1) is 0 Å². The standard InChI is InChI=1S/C17H25NO/c1-6-12-9-14-13(7-8-18-5)11-19-16(14)15(10-12)17(2,3)4/h9-11,18H,6-8H2,1-5H3. The first-order chi connectivity index (χ1) is 8.97. The van der Waals surface area contributed by atoms with Gasteiger partial charge < -0.3 is 9.73 Å². The summed E-state index contributed by atoms with van der Waals surface area (Å²) < 4.78 is 5.88. The average Bonchev–Trinajstić information content (AvgIpc) is 2.76. The lowest BCUT2D eigenvalue weighted by molar-refractivity contribution is 0.556. The summed E-state index contributed by atoms with van der Waals surface area (Å²) in [5.41, 5.74) is 5.20. The van der Waals surface area contributed by atoms with Gasteiger partial charge in [0.05, 0.1) is 6.26 Å². The van der Waals surface area contributed by atoms with Crippen LogP contribution in [0.15, 0.2) is 22.8 Å². The van der Waals surface area contributed by atoms with Gasteiger partial charge in [0.1, 0.15) is 5.58 Å². The molecular weight excluding hydrogens is 234 g/mol. The molecule has 0 aliphatic carbocycles. The minimum Gasteiger partial charge on any atom is -0.464 e. The van der Waals surface area contributed by atoms with Crippen LogP contribution < -0.4 is 5.32 Å². The van der Waals surface area contributed by atoms with Crippen LogP contribution in [0.3, 0.4) is 0 Å². The highest BCUT2D eigenvalue weighted by Crippen LogP contribution is 2.34.